The van der Waals surface area contributed by atoms with E-state index in [-0.39, 0.29) is 11.9 Å². The third-order valence-corrected chi connectivity index (χ3v) is 6.75. The van der Waals surface area contributed by atoms with Crippen molar-refractivity contribution >= 4 is 33.4 Å². The summed E-state index contributed by atoms with van der Waals surface area (Å²) < 4.78 is 25.0. The van der Waals surface area contributed by atoms with Gasteiger partial charge >= 0.3 is 0 Å². The minimum absolute atomic E-state index is 0.0212. The fourth-order valence-corrected chi connectivity index (χ4v) is 5.23. The van der Waals surface area contributed by atoms with Gasteiger partial charge in [-0.25, -0.2) is 8.42 Å². The Morgan fingerprint density at radius 2 is 1.68 bits per heavy atom. The predicted molar refractivity (Wildman–Crippen MR) is 111 cm³/mol. The lowest BCUT2D eigenvalue weighted by Crippen LogP contribution is -2.42. The summed E-state index contributed by atoms with van der Waals surface area (Å²) in [5, 5.41) is 6.69. The van der Waals surface area contributed by atoms with E-state index in [1.807, 2.05) is 36.4 Å². The maximum Gasteiger partial charge on any atom is 0.251 e. The number of hydrogen-bond donors (Lipinski definition) is 3. The van der Waals surface area contributed by atoms with Crippen molar-refractivity contribution in [1.82, 2.24) is 10.6 Å². The zero-order valence-electron chi connectivity index (χ0n) is 15.5. The van der Waals surface area contributed by atoms with Crippen LogP contribution in [-0.2, 0) is 10.0 Å². The summed E-state index contributed by atoms with van der Waals surface area (Å²) in [5.74, 6) is -0.0212. The molecule has 0 aliphatic carbocycles. The van der Waals surface area contributed by atoms with Crippen LogP contribution in [0.15, 0.2) is 58.3 Å². The number of amides is 1. The van der Waals surface area contributed by atoms with E-state index in [0.29, 0.717) is 23.3 Å². The molecular formula is C20H23N3O3S2. The molecule has 0 aromatic heterocycles. The number of rotatable bonds is 6. The summed E-state index contributed by atoms with van der Waals surface area (Å²) in [5.41, 5.74) is 1.20. The van der Waals surface area contributed by atoms with E-state index in [1.165, 1.54) is 6.42 Å². The molecule has 2 heterocycles. The molecule has 2 bridgehead atoms. The fourth-order valence-electron chi connectivity index (χ4n) is 3.85. The third kappa shape index (κ3) is 4.68. The molecule has 148 valence electrons. The molecule has 1 amide bonds. The number of fused-ring (bicyclic) bond motifs is 2. The summed E-state index contributed by atoms with van der Waals surface area (Å²) in [6.45, 7) is 0. The van der Waals surface area contributed by atoms with Crippen LogP contribution in [0, 0.1) is 0 Å². The van der Waals surface area contributed by atoms with Crippen LogP contribution in [0.1, 0.15) is 29.6 Å². The Kier molecular flexibility index (Phi) is 5.35. The lowest BCUT2D eigenvalue weighted by atomic mass is 9.95. The largest absolute Gasteiger partial charge is 0.348 e. The van der Waals surface area contributed by atoms with E-state index in [4.69, 9.17) is 0 Å². The Hall–Kier alpha value is -2.03. The molecule has 2 aromatic carbocycles. The minimum atomic E-state index is -3.27. The summed E-state index contributed by atoms with van der Waals surface area (Å²) in [6, 6.07) is 16.0. The third-order valence-electron chi connectivity index (χ3n) is 5.13. The Balaban J connectivity index is 1.34. The highest BCUT2D eigenvalue weighted by Crippen LogP contribution is 2.30. The van der Waals surface area contributed by atoms with Gasteiger partial charge in [0, 0.05) is 39.2 Å². The van der Waals surface area contributed by atoms with Crippen molar-refractivity contribution in [3.8, 4) is 0 Å². The van der Waals surface area contributed by atoms with Crippen LogP contribution < -0.4 is 15.4 Å². The Bertz CT molecular complexity index is 959. The summed E-state index contributed by atoms with van der Waals surface area (Å²) in [6.07, 6.45) is 4.51. The van der Waals surface area contributed by atoms with Gasteiger partial charge in [-0.3, -0.25) is 9.52 Å². The molecule has 0 spiro atoms. The predicted octanol–water partition coefficient (Wildman–Crippen LogP) is 2.83. The number of carbonyl (C=O) groups is 1. The van der Waals surface area contributed by atoms with E-state index in [0.717, 1.165) is 28.9 Å². The number of benzene rings is 2. The molecule has 3 N–H and O–H groups in total. The quantitative estimate of drug-likeness (QED) is 0.673. The topological polar surface area (TPSA) is 87.3 Å². The van der Waals surface area contributed by atoms with Gasteiger partial charge in [0.1, 0.15) is 0 Å². The van der Waals surface area contributed by atoms with Gasteiger partial charge in [0.2, 0.25) is 10.0 Å². The molecule has 0 unspecified atom stereocenters. The van der Waals surface area contributed by atoms with Gasteiger partial charge < -0.3 is 10.6 Å². The monoisotopic (exact) mass is 417 g/mol. The van der Waals surface area contributed by atoms with Crippen molar-refractivity contribution in [1.29, 1.82) is 0 Å². The van der Waals surface area contributed by atoms with Gasteiger partial charge in [0.05, 0.1) is 6.26 Å². The number of sulfonamides is 1. The number of carbonyl (C=O) groups excluding carboxylic acids is 1. The molecule has 2 saturated heterocycles. The number of hydrogen-bond acceptors (Lipinski definition) is 5. The number of nitrogens with one attached hydrogen (secondary N) is 3. The first-order chi connectivity index (χ1) is 13.4. The van der Waals surface area contributed by atoms with Gasteiger partial charge in [-0.05, 0) is 67.8 Å². The van der Waals surface area contributed by atoms with Gasteiger partial charge in [-0.1, -0.05) is 11.8 Å². The molecule has 2 aliphatic rings. The van der Waals surface area contributed by atoms with E-state index in [2.05, 4.69) is 15.4 Å². The average molecular weight is 418 g/mol. The zero-order chi connectivity index (χ0) is 19.7. The first-order valence-electron chi connectivity index (χ1n) is 9.28. The average Bonchev–Trinajstić information content (AvgIpc) is 3.26. The van der Waals surface area contributed by atoms with Crippen molar-refractivity contribution in [2.45, 2.75) is 47.2 Å². The molecular weight excluding hydrogens is 394 g/mol. The standard InChI is InChI=1S/C20H23N3O3S2/c1-28(25,26)23-14-4-9-17(10-5-14)27-16-7-2-13(3-8-16)20(24)22-19-12-15-6-11-18(19)21-15/h2-5,7-10,15,18-19,21,23H,6,11-12H2,1H3,(H,22,24)/t15-,18+,19-/m1/s1. The minimum Gasteiger partial charge on any atom is -0.348 e. The van der Waals surface area contributed by atoms with Crippen molar-refractivity contribution in [3.05, 3.63) is 54.1 Å². The maximum absolute atomic E-state index is 12.5. The van der Waals surface area contributed by atoms with Crippen LogP contribution >= 0.6 is 11.8 Å². The maximum atomic E-state index is 12.5. The van der Waals surface area contributed by atoms with Crippen LogP contribution in [0.5, 0.6) is 0 Å². The first kappa shape index (κ1) is 19.3. The SMILES string of the molecule is CS(=O)(=O)Nc1ccc(Sc2ccc(C(=O)N[C@@H]3C[C@H]4CC[C@@H]3N4)cc2)cc1. The Labute approximate surface area is 169 Å². The lowest BCUT2D eigenvalue weighted by Gasteiger charge is -2.21. The summed E-state index contributed by atoms with van der Waals surface area (Å²) in [7, 11) is -3.27. The second-order valence-corrected chi connectivity index (χ2v) is 10.3. The van der Waals surface area contributed by atoms with Gasteiger partial charge in [0.15, 0.2) is 0 Å². The highest BCUT2D eigenvalue weighted by Gasteiger charge is 2.39. The first-order valence-corrected chi connectivity index (χ1v) is 12.0. The lowest BCUT2D eigenvalue weighted by molar-refractivity contribution is 0.0931. The van der Waals surface area contributed by atoms with Crippen molar-refractivity contribution in [3.63, 3.8) is 0 Å². The highest BCUT2D eigenvalue weighted by molar-refractivity contribution is 7.99. The van der Waals surface area contributed by atoms with Gasteiger partial charge in [-0.15, -0.1) is 0 Å². The van der Waals surface area contributed by atoms with E-state index >= 15 is 0 Å². The highest BCUT2D eigenvalue weighted by atomic mass is 32.2. The van der Waals surface area contributed by atoms with Crippen LogP contribution in [0.25, 0.3) is 0 Å². The molecule has 2 aromatic rings. The fraction of sp³-hybridized carbons (Fsp3) is 0.350. The smallest absolute Gasteiger partial charge is 0.251 e. The number of anilines is 1. The van der Waals surface area contributed by atoms with Crippen LogP contribution in [0.4, 0.5) is 5.69 Å². The second-order valence-electron chi connectivity index (χ2n) is 7.39. The summed E-state index contributed by atoms with van der Waals surface area (Å²) >= 11 is 1.56. The normalized spacial score (nSPS) is 23.5. The molecule has 6 nitrogen and oxygen atoms in total. The zero-order valence-corrected chi connectivity index (χ0v) is 17.1. The molecule has 0 radical (unpaired) electrons. The van der Waals surface area contributed by atoms with Gasteiger partial charge in [0.25, 0.3) is 5.91 Å². The molecule has 2 aliphatic heterocycles. The Morgan fingerprint density at radius 3 is 2.21 bits per heavy atom. The molecule has 2 fully saturated rings. The van der Waals surface area contributed by atoms with Gasteiger partial charge in [-0.2, -0.15) is 0 Å². The van der Waals surface area contributed by atoms with E-state index in [9.17, 15) is 13.2 Å². The second kappa shape index (κ2) is 7.77. The molecule has 3 atom stereocenters. The van der Waals surface area contributed by atoms with Crippen LogP contribution in [0.3, 0.4) is 0 Å². The summed E-state index contributed by atoms with van der Waals surface area (Å²) in [4.78, 5) is 14.5. The molecule has 28 heavy (non-hydrogen) atoms. The van der Waals surface area contributed by atoms with Crippen molar-refractivity contribution < 1.29 is 13.2 Å². The molecule has 8 heteroatoms. The van der Waals surface area contributed by atoms with Crippen molar-refractivity contribution in [2.24, 2.45) is 0 Å². The Morgan fingerprint density at radius 1 is 1.04 bits per heavy atom. The van der Waals surface area contributed by atoms with E-state index in [1.54, 1.807) is 23.9 Å². The molecule has 0 saturated carbocycles. The van der Waals surface area contributed by atoms with Crippen LogP contribution in [0.2, 0.25) is 0 Å². The van der Waals surface area contributed by atoms with Crippen molar-refractivity contribution in [2.75, 3.05) is 11.0 Å². The van der Waals surface area contributed by atoms with Crippen LogP contribution in [-0.4, -0.2) is 38.7 Å². The molecule has 4 rings (SSSR count). The van der Waals surface area contributed by atoms with E-state index < -0.39 is 10.0 Å².